The smallest absolute Gasteiger partial charge is 0.229 e. The Kier molecular flexibility index (Phi) is 7.25. The molecule has 8 nitrogen and oxygen atoms in total. The van der Waals surface area contributed by atoms with Crippen LogP contribution in [0.3, 0.4) is 0 Å². The van der Waals surface area contributed by atoms with Crippen molar-refractivity contribution in [1.29, 1.82) is 5.26 Å². The predicted octanol–water partition coefficient (Wildman–Crippen LogP) is 1.70. The first-order chi connectivity index (χ1) is 12.7. The zero-order chi connectivity index (χ0) is 20.1. The summed E-state index contributed by atoms with van der Waals surface area (Å²) in [5.74, 6) is 1.02. The van der Waals surface area contributed by atoms with Crippen molar-refractivity contribution in [3.8, 4) is 6.19 Å². The number of aromatic amines is 1. The van der Waals surface area contributed by atoms with E-state index >= 15 is 0 Å². The highest BCUT2D eigenvalue weighted by Crippen LogP contribution is 2.63. The van der Waals surface area contributed by atoms with Gasteiger partial charge in [-0.15, -0.1) is 35.0 Å². The van der Waals surface area contributed by atoms with Gasteiger partial charge in [0.25, 0.3) is 0 Å². The molecule has 0 radical (unpaired) electrons. The molecule has 11 heteroatoms. The number of halogens is 2. The Morgan fingerprint density at radius 2 is 2.11 bits per heavy atom. The average molecular weight is 432 g/mol. The minimum absolute atomic E-state index is 0.182. The number of nitrogens with one attached hydrogen (secondary N) is 4. The third-order valence-electron chi connectivity index (χ3n) is 4.34. The number of H-pyrrole nitrogens is 1. The van der Waals surface area contributed by atoms with Crippen LogP contribution in [0.4, 0.5) is 0 Å². The number of aryl methyl sites for hydroxylation is 1. The number of alkyl halides is 2. The molecule has 0 bridgehead atoms. The number of hydrogen-bond donors (Lipinski definition) is 4. The molecule has 148 valence electrons. The highest BCUT2D eigenvalue weighted by atomic mass is 35.5. The third kappa shape index (κ3) is 5.43. The summed E-state index contributed by atoms with van der Waals surface area (Å²) in [4.78, 5) is 24.1. The number of rotatable bonds is 8. The van der Waals surface area contributed by atoms with Crippen LogP contribution in [0.1, 0.15) is 24.9 Å². The van der Waals surface area contributed by atoms with Gasteiger partial charge in [-0.2, -0.15) is 5.26 Å². The van der Waals surface area contributed by atoms with E-state index in [1.807, 2.05) is 19.4 Å². The monoisotopic (exact) mass is 431 g/mol. The van der Waals surface area contributed by atoms with Gasteiger partial charge in [0.05, 0.1) is 5.41 Å². The minimum atomic E-state index is -0.986. The van der Waals surface area contributed by atoms with Crippen molar-refractivity contribution in [2.45, 2.75) is 36.0 Å². The average Bonchev–Trinajstić information content (AvgIpc) is 2.95. The molecule has 0 spiro atoms. The van der Waals surface area contributed by atoms with Crippen LogP contribution in [0.25, 0.3) is 0 Å². The number of nitriles is 1. The summed E-state index contributed by atoms with van der Waals surface area (Å²) in [6.07, 6.45) is 4.89. The van der Waals surface area contributed by atoms with Gasteiger partial charge in [-0.3, -0.25) is 15.1 Å². The van der Waals surface area contributed by atoms with Crippen LogP contribution in [-0.2, 0) is 11.2 Å². The standard InChI is InChI=1S/C16H23Cl2N7OS/c1-10-12(27-3)25-11(24-10)4-5-21-14(23-9-19)22-7-6-20-13(26)15(2)8-16(15,17)18/h4-8H2,1-3H3,(H,20,26)(H,24,25)(H2,21,22,23). The first-order valence-electron chi connectivity index (χ1n) is 8.42. The van der Waals surface area contributed by atoms with Gasteiger partial charge in [0.1, 0.15) is 15.2 Å². The van der Waals surface area contributed by atoms with Crippen molar-refractivity contribution in [3.05, 3.63) is 11.5 Å². The first-order valence-corrected chi connectivity index (χ1v) is 10.4. The lowest BCUT2D eigenvalue weighted by Gasteiger charge is -2.13. The molecule has 0 saturated heterocycles. The van der Waals surface area contributed by atoms with Gasteiger partial charge < -0.3 is 15.6 Å². The maximum absolute atomic E-state index is 12.1. The molecular weight excluding hydrogens is 409 g/mol. The fourth-order valence-corrected chi connectivity index (χ4v) is 3.75. The number of thioether (sulfide) groups is 1. The quantitative estimate of drug-likeness (QED) is 0.0945. The second kappa shape index (κ2) is 9.04. The largest absolute Gasteiger partial charge is 0.354 e. The SMILES string of the molecule is CSc1nc(CCN=C(NC#N)NCCNC(=O)C2(C)CC2(Cl)Cl)[nH]c1C. The highest BCUT2D eigenvalue weighted by Gasteiger charge is 2.67. The van der Waals surface area contributed by atoms with E-state index in [2.05, 4.69) is 30.9 Å². The molecule has 1 aromatic rings. The number of carbonyl (C=O) groups is 1. The van der Waals surface area contributed by atoms with Crippen molar-refractivity contribution in [3.63, 3.8) is 0 Å². The van der Waals surface area contributed by atoms with Crippen molar-refractivity contribution in [1.82, 2.24) is 25.9 Å². The van der Waals surface area contributed by atoms with E-state index in [9.17, 15) is 4.79 Å². The molecule has 1 aliphatic rings. The number of hydrogen-bond acceptors (Lipinski definition) is 5. The van der Waals surface area contributed by atoms with Crippen molar-refractivity contribution in [2.75, 3.05) is 25.9 Å². The Labute approximate surface area is 172 Å². The van der Waals surface area contributed by atoms with E-state index in [0.29, 0.717) is 38.4 Å². The Balaban J connectivity index is 1.75. The van der Waals surface area contributed by atoms with E-state index in [1.54, 1.807) is 18.7 Å². The second-order valence-electron chi connectivity index (χ2n) is 6.43. The molecular formula is C16H23Cl2N7OS. The van der Waals surface area contributed by atoms with E-state index in [-0.39, 0.29) is 5.91 Å². The zero-order valence-corrected chi connectivity index (χ0v) is 17.8. The number of nitrogens with zero attached hydrogens (tertiary/aromatic N) is 3. The van der Waals surface area contributed by atoms with Crippen molar-refractivity contribution < 1.29 is 4.79 Å². The molecule has 27 heavy (non-hydrogen) atoms. The fraction of sp³-hybridized carbons (Fsp3) is 0.625. The number of imidazole rings is 1. The van der Waals surface area contributed by atoms with Gasteiger partial charge in [-0.25, -0.2) is 4.98 Å². The third-order valence-corrected chi connectivity index (χ3v) is 6.22. The Hall–Kier alpha value is -1.63. The van der Waals surface area contributed by atoms with Crippen LogP contribution in [0.15, 0.2) is 10.0 Å². The van der Waals surface area contributed by atoms with Crippen molar-refractivity contribution >= 4 is 46.8 Å². The summed E-state index contributed by atoms with van der Waals surface area (Å²) in [7, 11) is 0. The number of amides is 1. The molecule has 1 unspecified atom stereocenters. The van der Waals surface area contributed by atoms with Gasteiger partial charge in [-0.1, -0.05) is 0 Å². The molecule has 1 heterocycles. The highest BCUT2D eigenvalue weighted by molar-refractivity contribution is 7.98. The van der Waals surface area contributed by atoms with Gasteiger partial charge in [0.2, 0.25) is 11.9 Å². The van der Waals surface area contributed by atoms with Crippen LogP contribution in [0.5, 0.6) is 0 Å². The summed E-state index contributed by atoms with van der Waals surface area (Å²) in [6.45, 7) is 4.94. The molecule has 1 aliphatic carbocycles. The topological polar surface area (TPSA) is 118 Å². The summed E-state index contributed by atoms with van der Waals surface area (Å²) < 4.78 is -0.986. The van der Waals surface area contributed by atoms with Gasteiger partial charge >= 0.3 is 0 Å². The minimum Gasteiger partial charge on any atom is -0.354 e. The maximum Gasteiger partial charge on any atom is 0.229 e. The molecule has 1 amide bonds. The second-order valence-corrected chi connectivity index (χ2v) is 8.71. The van der Waals surface area contributed by atoms with Gasteiger partial charge in [-0.05, 0) is 26.5 Å². The molecule has 0 aliphatic heterocycles. The lowest BCUT2D eigenvalue weighted by Crippen LogP contribution is -2.42. The lowest BCUT2D eigenvalue weighted by atomic mass is 10.1. The lowest BCUT2D eigenvalue weighted by molar-refractivity contribution is -0.125. The van der Waals surface area contributed by atoms with Gasteiger partial charge in [0, 0.05) is 31.7 Å². The van der Waals surface area contributed by atoms with Gasteiger partial charge in [0.15, 0.2) is 6.19 Å². The van der Waals surface area contributed by atoms with E-state index in [1.165, 1.54) is 0 Å². The Morgan fingerprint density at radius 3 is 2.67 bits per heavy atom. The maximum atomic E-state index is 12.1. The van der Waals surface area contributed by atoms with E-state index in [0.717, 1.165) is 16.5 Å². The van der Waals surface area contributed by atoms with E-state index in [4.69, 9.17) is 28.5 Å². The predicted molar refractivity (Wildman–Crippen MR) is 108 cm³/mol. The summed E-state index contributed by atoms with van der Waals surface area (Å²) >= 11 is 13.6. The van der Waals surface area contributed by atoms with Crippen LogP contribution >= 0.6 is 35.0 Å². The molecule has 0 aromatic carbocycles. The Morgan fingerprint density at radius 1 is 1.44 bits per heavy atom. The first kappa shape index (κ1) is 21.7. The fourth-order valence-electron chi connectivity index (χ4n) is 2.49. The molecule has 1 atom stereocenters. The summed E-state index contributed by atoms with van der Waals surface area (Å²) in [5.41, 5.74) is 0.294. The number of guanidine groups is 1. The van der Waals surface area contributed by atoms with Crippen LogP contribution in [0.2, 0.25) is 0 Å². The van der Waals surface area contributed by atoms with Crippen LogP contribution in [-0.4, -0.2) is 52.1 Å². The van der Waals surface area contributed by atoms with Crippen molar-refractivity contribution in [2.24, 2.45) is 10.4 Å². The van der Waals surface area contributed by atoms with E-state index < -0.39 is 9.75 Å². The molecule has 1 aromatic heterocycles. The number of aromatic nitrogens is 2. The van der Waals surface area contributed by atoms with Crippen LogP contribution < -0.4 is 16.0 Å². The molecule has 1 fully saturated rings. The summed E-state index contributed by atoms with van der Waals surface area (Å²) in [5, 5.41) is 18.1. The van der Waals surface area contributed by atoms with Crippen LogP contribution in [0, 0.1) is 23.8 Å². The summed E-state index contributed by atoms with van der Waals surface area (Å²) in [6, 6.07) is 0. The number of aliphatic imine (C=N–C) groups is 1. The zero-order valence-electron chi connectivity index (χ0n) is 15.4. The molecule has 2 rings (SSSR count). The number of carbonyl (C=O) groups excluding carboxylic acids is 1. The Bertz CT molecular complexity index is 758. The molecule has 1 saturated carbocycles. The molecule has 4 N–H and O–H groups in total. The normalized spacial score (nSPS) is 20.7.